The van der Waals surface area contributed by atoms with Gasteiger partial charge in [-0.05, 0) is 45.2 Å². The summed E-state index contributed by atoms with van der Waals surface area (Å²) in [6.07, 6.45) is 1.79. The monoisotopic (exact) mass is 334 g/mol. The van der Waals surface area contributed by atoms with E-state index < -0.39 is 5.60 Å². The Bertz CT molecular complexity index is 562. The van der Waals surface area contributed by atoms with Crippen LogP contribution in [0.5, 0.6) is 0 Å². The Morgan fingerprint density at radius 3 is 2.65 bits per heavy atom. The summed E-state index contributed by atoms with van der Waals surface area (Å²) in [5, 5.41) is 3.78. The molecule has 1 fully saturated rings. The molecule has 23 heavy (non-hydrogen) atoms. The Balaban J connectivity index is 1.50. The zero-order valence-corrected chi connectivity index (χ0v) is 15.0. The summed E-state index contributed by atoms with van der Waals surface area (Å²) in [6, 6.07) is 9.56. The van der Waals surface area contributed by atoms with E-state index in [1.807, 2.05) is 37.4 Å². The molecule has 1 aromatic rings. The van der Waals surface area contributed by atoms with E-state index in [0.29, 0.717) is 12.1 Å². The number of benzene rings is 1. The van der Waals surface area contributed by atoms with Crippen LogP contribution in [0, 0.1) is 0 Å². The Labute approximate surface area is 143 Å². The lowest BCUT2D eigenvalue weighted by atomic mass is 10.0. The van der Waals surface area contributed by atoms with Gasteiger partial charge >= 0.3 is 6.09 Å². The number of fused-ring (bicyclic) bond motifs is 1. The molecular weight excluding hydrogens is 308 g/mol. The van der Waals surface area contributed by atoms with Crippen molar-refractivity contribution in [3.63, 3.8) is 0 Å². The summed E-state index contributed by atoms with van der Waals surface area (Å²) in [5.41, 5.74) is 1.00. The molecule has 3 rings (SSSR count). The number of hydrogen-bond donors (Lipinski definition) is 1. The highest BCUT2D eigenvalue weighted by Crippen LogP contribution is 2.38. The molecule has 1 saturated heterocycles. The predicted molar refractivity (Wildman–Crippen MR) is 93.9 cm³/mol. The minimum Gasteiger partial charge on any atom is -0.444 e. The molecule has 2 heterocycles. The molecule has 4 nitrogen and oxygen atoms in total. The molecular formula is C18H26N2O2S. The summed E-state index contributed by atoms with van der Waals surface area (Å²) in [7, 11) is 0. The zero-order chi connectivity index (χ0) is 16.4. The molecule has 1 unspecified atom stereocenters. The Morgan fingerprint density at radius 2 is 1.96 bits per heavy atom. The lowest BCUT2D eigenvalue weighted by Crippen LogP contribution is -2.47. The molecule has 1 amide bonds. The maximum absolute atomic E-state index is 12.1. The van der Waals surface area contributed by atoms with Gasteiger partial charge < -0.3 is 15.0 Å². The number of carbonyl (C=O) groups is 1. The van der Waals surface area contributed by atoms with Crippen molar-refractivity contribution in [3.8, 4) is 0 Å². The van der Waals surface area contributed by atoms with Gasteiger partial charge in [0.2, 0.25) is 0 Å². The van der Waals surface area contributed by atoms with Crippen molar-refractivity contribution in [1.82, 2.24) is 10.2 Å². The average Bonchev–Trinajstić information content (AvgIpc) is 2.90. The van der Waals surface area contributed by atoms with Gasteiger partial charge in [0.1, 0.15) is 5.60 Å². The predicted octanol–water partition coefficient (Wildman–Crippen LogP) is 3.82. The van der Waals surface area contributed by atoms with Crippen molar-refractivity contribution in [1.29, 1.82) is 0 Å². The lowest BCUT2D eigenvalue weighted by Gasteiger charge is -2.35. The van der Waals surface area contributed by atoms with Crippen LogP contribution in [-0.4, -0.2) is 41.5 Å². The summed E-state index contributed by atoms with van der Waals surface area (Å²) < 4.78 is 5.46. The fraction of sp³-hybridized carbons (Fsp3) is 0.611. The molecule has 1 N–H and O–H groups in total. The number of ether oxygens (including phenoxy) is 1. The van der Waals surface area contributed by atoms with E-state index in [1.165, 1.54) is 10.5 Å². The van der Waals surface area contributed by atoms with Gasteiger partial charge in [-0.25, -0.2) is 4.79 Å². The summed E-state index contributed by atoms with van der Waals surface area (Å²) >= 11 is 1.93. The molecule has 0 aliphatic carbocycles. The average molecular weight is 334 g/mol. The van der Waals surface area contributed by atoms with Gasteiger partial charge in [0.25, 0.3) is 0 Å². The second-order valence-corrected chi connectivity index (χ2v) is 8.37. The van der Waals surface area contributed by atoms with Crippen molar-refractivity contribution in [2.45, 2.75) is 56.2 Å². The topological polar surface area (TPSA) is 41.6 Å². The molecule has 0 bridgehead atoms. The Morgan fingerprint density at radius 1 is 1.26 bits per heavy atom. The maximum atomic E-state index is 12.1. The van der Waals surface area contributed by atoms with E-state index in [9.17, 15) is 4.79 Å². The summed E-state index contributed by atoms with van der Waals surface area (Å²) in [6.45, 7) is 7.28. The summed E-state index contributed by atoms with van der Waals surface area (Å²) in [5.74, 6) is 1.10. The molecule has 0 saturated carbocycles. The number of carbonyl (C=O) groups excluding carboxylic acids is 1. The molecule has 2 aliphatic heterocycles. The normalized spacial score (nSPS) is 22.0. The summed E-state index contributed by atoms with van der Waals surface area (Å²) in [4.78, 5) is 15.3. The second-order valence-electron chi connectivity index (χ2n) is 7.31. The molecule has 0 aromatic heterocycles. The number of likely N-dealkylation sites (tertiary alicyclic amines) is 1. The van der Waals surface area contributed by atoms with Crippen LogP contribution in [0.2, 0.25) is 0 Å². The van der Waals surface area contributed by atoms with Gasteiger partial charge in [0.15, 0.2) is 0 Å². The van der Waals surface area contributed by atoms with Gasteiger partial charge in [-0.2, -0.15) is 0 Å². The number of rotatable bonds is 2. The number of thioether (sulfide) groups is 1. The first kappa shape index (κ1) is 16.7. The van der Waals surface area contributed by atoms with Crippen molar-refractivity contribution in [2.75, 3.05) is 18.8 Å². The highest BCUT2D eigenvalue weighted by Gasteiger charge is 2.30. The third-order valence-electron chi connectivity index (χ3n) is 4.28. The zero-order valence-electron chi connectivity index (χ0n) is 14.2. The van der Waals surface area contributed by atoms with Crippen LogP contribution in [0.4, 0.5) is 4.79 Å². The first-order valence-electron chi connectivity index (χ1n) is 8.38. The van der Waals surface area contributed by atoms with Gasteiger partial charge in [-0.1, -0.05) is 18.2 Å². The minimum atomic E-state index is -0.420. The smallest absolute Gasteiger partial charge is 0.410 e. The fourth-order valence-electron chi connectivity index (χ4n) is 3.14. The first-order chi connectivity index (χ1) is 10.9. The van der Waals surface area contributed by atoms with Crippen molar-refractivity contribution < 1.29 is 9.53 Å². The molecule has 126 valence electrons. The minimum absolute atomic E-state index is 0.183. The Kier molecular flexibility index (Phi) is 4.87. The van der Waals surface area contributed by atoms with E-state index in [4.69, 9.17) is 4.74 Å². The second kappa shape index (κ2) is 6.73. The quantitative estimate of drug-likeness (QED) is 0.893. The van der Waals surface area contributed by atoms with E-state index in [-0.39, 0.29) is 6.09 Å². The molecule has 1 atom stereocenters. The number of piperidine rings is 1. The van der Waals surface area contributed by atoms with Gasteiger partial charge in [-0.15, -0.1) is 11.8 Å². The van der Waals surface area contributed by atoms with Crippen LogP contribution in [0.3, 0.4) is 0 Å². The van der Waals surface area contributed by atoms with Crippen LogP contribution in [-0.2, 0) is 4.74 Å². The maximum Gasteiger partial charge on any atom is 0.410 e. The van der Waals surface area contributed by atoms with Gasteiger partial charge in [0.05, 0.1) is 0 Å². The fourth-order valence-corrected chi connectivity index (χ4v) is 4.31. The van der Waals surface area contributed by atoms with Gasteiger partial charge in [-0.3, -0.25) is 0 Å². The number of amides is 1. The number of nitrogens with zero attached hydrogens (tertiary/aromatic N) is 1. The Hall–Kier alpha value is -1.20. The van der Waals surface area contributed by atoms with E-state index in [0.717, 1.165) is 31.7 Å². The van der Waals surface area contributed by atoms with Crippen LogP contribution >= 0.6 is 11.8 Å². The number of hydrogen-bond acceptors (Lipinski definition) is 4. The highest BCUT2D eigenvalue weighted by atomic mass is 32.2. The standard InChI is InChI=1S/C18H26N2O2S/c1-18(2,3)22-17(21)20-10-8-13(9-11-20)19-15-12-23-16-7-5-4-6-14(15)16/h4-7,13,15,19H,8-12H2,1-3H3. The van der Waals surface area contributed by atoms with Crippen LogP contribution < -0.4 is 5.32 Å². The van der Waals surface area contributed by atoms with Crippen molar-refractivity contribution in [2.24, 2.45) is 0 Å². The van der Waals surface area contributed by atoms with Crippen molar-refractivity contribution in [3.05, 3.63) is 29.8 Å². The first-order valence-corrected chi connectivity index (χ1v) is 9.36. The molecule has 5 heteroatoms. The van der Waals surface area contributed by atoms with Crippen LogP contribution in [0.15, 0.2) is 29.2 Å². The molecule has 0 spiro atoms. The third-order valence-corrected chi connectivity index (χ3v) is 5.47. The SMILES string of the molecule is CC(C)(C)OC(=O)N1CCC(NC2CSc3ccccc32)CC1. The van der Waals surface area contributed by atoms with Crippen LogP contribution in [0.1, 0.15) is 45.2 Å². The number of nitrogens with one attached hydrogen (secondary N) is 1. The molecule has 0 radical (unpaired) electrons. The van der Waals surface area contributed by atoms with Crippen molar-refractivity contribution >= 4 is 17.9 Å². The molecule has 2 aliphatic rings. The van der Waals surface area contributed by atoms with E-state index >= 15 is 0 Å². The third kappa shape index (κ3) is 4.21. The van der Waals surface area contributed by atoms with Crippen LogP contribution in [0.25, 0.3) is 0 Å². The lowest BCUT2D eigenvalue weighted by molar-refractivity contribution is 0.0196. The van der Waals surface area contributed by atoms with E-state index in [1.54, 1.807) is 0 Å². The largest absolute Gasteiger partial charge is 0.444 e. The van der Waals surface area contributed by atoms with Gasteiger partial charge in [0, 0.05) is 35.8 Å². The van der Waals surface area contributed by atoms with E-state index in [2.05, 4.69) is 29.6 Å². The molecule has 1 aromatic carbocycles. The highest BCUT2D eigenvalue weighted by molar-refractivity contribution is 7.99.